The molecule has 0 fully saturated rings. The number of guanidine groups is 2. The monoisotopic (exact) mass is 764 g/mol. The Morgan fingerprint density at radius 2 is 1.40 bits per heavy atom. The van der Waals surface area contributed by atoms with E-state index in [4.69, 9.17) is 52.5 Å². The molecule has 0 radical (unpaired) electrons. The summed E-state index contributed by atoms with van der Waals surface area (Å²) in [6.45, 7) is 8.26. The maximum absolute atomic E-state index is 8.69. The van der Waals surface area contributed by atoms with Crippen LogP contribution < -0.4 is 26.4 Å². The van der Waals surface area contributed by atoms with Gasteiger partial charge < -0.3 is 31.0 Å². The second-order valence-electron chi connectivity index (χ2n) is 12.0. The summed E-state index contributed by atoms with van der Waals surface area (Å²) in [4.78, 5) is 24.2. The Morgan fingerprint density at radius 3 is 1.96 bits per heavy atom. The van der Waals surface area contributed by atoms with Crippen LogP contribution in [0.2, 0.25) is 0 Å². The van der Waals surface area contributed by atoms with Crippen LogP contribution in [0.1, 0.15) is 29.5 Å². The molecule has 0 aliphatic carbocycles. The zero-order chi connectivity index (χ0) is 37.0. The largest absolute Gasteiger partial charge is 0.493 e. The van der Waals surface area contributed by atoms with E-state index in [0.29, 0.717) is 54.7 Å². The van der Waals surface area contributed by atoms with Crippen molar-refractivity contribution >= 4 is 46.1 Å². The molecule has 52 heavy (non-hydrogen) atoms. The lowest BCUT2D eigenvalue weighted by Gasteiger charge is -2.32. The fourth-order valence-electron chi connectivity index (χ4n) is 5.99. The fraction of sp³-hybridized carbons (Fsp3) is 0.222. The minimum absolute atomic E-state index is 0.337. The summed E-state index contributed by atoms with van der Waals surface area (Å²) in [6, 6.07) is 27.3. The van der Waals surface area contributed by atoms with Gasteiger partial charge in [-0.1, -0.05) is 52.3 Å². The van der Waals surface area contributed by atoms with Crippen molar-refractivity contribution in [2.75, 3.05) is 27.3 Å². The van der Waals surface area contributed by atoms with E-state index in [0.717, 1.165) is 38.2 Å². The van der Waals surface area contributed by atoms with Crippen LogP contribution in [0.15, 0.2) is 99.4 Å². The summed E-state index contributed by atoms with van der Waals surface area (Å²) in [6.07, 6.45) is 1.25. The van der Waals surface area contributed by atoms with Crippen molar-refractivity contribution in [3.05, 3.63) is 118 Å². The number of nitrogens with two attached hydrogens (primary N) is 2. The lowest BCUT2D eigenvalue weighted by molar-refractivity contribution is -0.184. The van der Waals surface area contributed by atoms with Gasteiger partial charge in [0.05, 0.1) is 42.5 Å². The van der Waals surface area contributed by atoms with E-state index in [9.17, 15) is 0 Å². The molecule has 16 heteroatoms. The molecule has 0 aromatic heterocycles. The van der Waals surface area contributed by atoms with Crippen molar-refractivity contribution in [2.24, 2.45) is 21.5 Å². The van der Waals surface area contributed by atoms with Crippen LogP contribution in [0.5, 0.6) is 11.5 Å². The summed E-state index contributed by atoms with van der Waals surface area (Å²) in [5, 5.41) is 28.8. The lowest BCUT2D eigenvalue weighted by atomic mass is 9.80. The highest BCUT2D eigenvalue weighted by atomic mass is 79.9. The SMILES string of the molecule is CN1OC2(CCOc3ccc(Br)cc32)N=C1N.N#Cc1cccc(B(O)O)c1.[C-]#[N+]c1cccc(-c2ccc3c(c2)C2(CCO3)N=C(N)N(C)O2)c1. The standard InChI is InChI=1S/C18H16N4O2.C11H12BrN3O2.C7H6BNO2/c1-20-14-5-3-4-12(10-14)13-6-7-16-15(11-13)18(8-9-23-16)21-17(19)22(2)24-18;1-15-10(13)14-11(17-15)4-5-16-9-3-2-7(12)6-8(9)11;9-5-6-2-1-3-7(4-6)8(10)11/h3-7,10-11H,8-9H2,2H3,(H2,19,21);2-3,6H,4-5H2,1H3,(H2,13,14);1-4,10-11H. The average Bonchev–Trinajstić information content (AvgIpc) is 3.61. The Hall–Kier alpha value is -5.62. The van der Waals surface area contributed by atoms with E-state index in [-0.39, 0.29) is 0 Å². The molecular weight excluding hydrogens is 731 g/mol. The molecule has 0 bridgehead atoms. The normalized spacial score (nSPS) is 20.7. The van der Waals surface area contributed by atoms with Crippen LogP contribution in [0.25, 0.3) is 16.0 Å². The second kappa shape index (κ2) is 14.9. The number of fused-ring (bicyclic) bond motifs is 4. The molecule has 0 amide bonds. The fourth-order valence-corrected chi connectivity index (χ4v) is 6.35. The molecule has 4 aliphatic heterocycles. The first-order chi connectivity index (χ1) is 25.0. The molecule has 2 unspecified atom stereocenters. The molecule has 4 heterocycles. The molecule has 264 valence electrons. The zero-order valence-electron chi connectivity index (χ0n) is 28.2. The van der Waals surface area contributed by atoms with E-state index >= 15 is 0 Å². The number of nitrogens with zero attached hydrogens (tertiary/aromatic N) is 6. The quantitative estimate of drug-likeness (QED) is 0.172. The molecule has 2 atom stereocenters. The second-order valence-corrected chi connectivity index (χ2v) is 12.9. The summed E-state index contributed by atoms with van der Waals surface area (Å²) < 4.78 is 12.3. The predicted octanol–water partition coefficient (Wildman–Crippen LogP) is 3.85. The molecule has 8 rings (SSSR count). The molecule has 6 N–H and O–H groups in total. The first-order valence-electron chi connectivity index (χ1n) is 16.1. The van der Waals surface area contributed by atoms with E-state index in [1.54, 1.807) is 38.4 Å². The average molecular weight is 765 g/mol. The highest BCUT2D eigenvalue weighted by molar-refractivity contribution is 9.10. The van der Waals surface area contributed by atoms with Crippen molar-refractivity contribution in [1.82, 2.24) is 10.1 Å². The van der Waals surface area contributed by atoms with E-state index < -0.39 is 18.6 Å². The highest BCUT2D eigenvalue weighted by Crippen LogP contribution is 2.46. The van der Waals surface area contributed by atoms with Crippen LogP contribution in [0.4, 0.5) is 5.69 Å². The van der Waals surface area contributed by atoms with Crippen LogP contribution in [0.3, 0.4) is 0 Å². The maximum atomic E-state index is 8.69. The van der Waals surface area contributed by atoms with Crippen molar-refractivity contribution in [3.63, 3.8) is 0 Å². The van der Waals surface area contributed by atoms with Gasteiger partial charge in [0.1, 0.15) is 11.5 Å². The minimum Gasteiger partial charge on any atom is -0.493 e. The molecule has 4 aromatic carbocycles. The van der Waals surface area contributed by atoms with Crippen molar-refractivity contribution in [1.29, 1.82) is 5.26 Å². The number of hydroxylamine groups is 4. The van der Waals surface area contributed by atoms with Crippen LogP contribution >= 0.6 is 15.9 Å². The first-order valence-corrected chi connectivity index (χ1v) is 16.9. The van der Waals surface area contributed by atoms with Gasteiger partial charge in [0, 0.05) is 31.4 Å². The number of ether oxygens (including phenoxy) is 2. The third-order valence-electron chi connectivity index (χ3n) is 8.59. The summed E-state index contributed by atoms with van der Waals surface area (Å²) in [5.74, 6) is 2.28. The number of benzene rings is 4. The van der Waals surface area contributed by atoms with Gasteiger partial charge in [-0.05, 0) is 65.1 Å². The Morgan fingerprint density at radius 1 is 0.827 bits per heavy atom. The summed E-state index contributed by atoms with van der Waals surface area (Å²) in [7, 11) is 2.00. The Kier molecular flexibility index (Phi) is 10.4. The number of aliphatic imine (C=N–C) groups is 2. The Balaban J connectivity index is 0.000000145. The third kappa shape index (κ3) is 7.38. The Labute approximate surface area is 309 Å². The number of rotatable bonds is 2. The van der Waals surface area contributed by atoms with Gasteiger partial charge in [0.25, 0.3) is 0 Å². The molecule has 0 saturated carbocycles. The topological polar surface area (TPSA) is 189 Å². The van der Waals surface area contributed by atoms with E-state index in [1.807, 2.05) is 60.7 Å². The highest BCUT2D eigenvalue weighted by Gasteiger charge is 2.46. The number of hydrogen-bond donors (Lipinski definition) is 4. The molecule has 2 spiro atoms. The van der Waals surface area contributed by atoms with Gasteiger partial charge in [0.15, 0.2) is 5.69 Å². The van der Waals surface area contributed by atoms with E-state index in [1.165, 1.54) is 16.2 Å². The zero-order valence-corrected chi connectivity index (χ0v) is 29.8. The molecule has 14 nitrogen and oxygen atoms in total. The predicted molar refractivity (Wildman–Crippen MR) is 198 cm³/mol. The van der Waals surface area contributed by atoms with E-state index in [2.05, 4.69) is 30.8 Å². The summed E-state index contributed by atoms with van der Waals surface area (Å²) >= 11 is 3.45. The minimum atomic E-state index is -1.50. The van der Waals surface area contributed by atoms with Gasteiger partial charge >= 0.3 is 7.12 Å². The molecular formula is C36H34BBrN8O6. The number of nitriles is 1. The molecule has 0 saturated heterocycles. The van der Waals surface area contributed by atoms with Gasteiger partial charge in [-0.2, -0.15) is 5.26 Å². The smallest absolute Gasteiger partial charge is 0.488 e. The van der Waals surface area contributed by atoms with Gasteiger partial charge in [0.2, 0.25) is 23.4 Å². The molecule has 4 aromatic rings. The van der Waals surface area contributed by atoms with Gasteiger partial charge in [-0.15, -0.1) is 0 Å². The first kappa shape index (κ1) is 36.2. The number of halogens is 1. The Bertz CT molecular complexity index is 2140. The number of hydrogen-bond acceptors (Lipinski definition) is 13. The lowest BCUT2D eigenvalue weighted by Crippen LogP contribution is -2.35. The molecule has 4 aliphatic rings. The maximum Gasteiger partial charge on any atom is 0.488 e. The van der Waals surface area contributed by atoms with Crippen LogP contribution in [-0.4, -0.2) is 66.5 Å². The van der Waals surface area contributed by atoms with Gasteiger partial charge in [-0.25, -0.2) is 34.6 Å². The third-order valence-corrected chi connectivity index (χ3v) is 9.09. The van der Waals surface area contributed by atoms with Crippen molar-refractivity contribution in [3.8, 4) is 28.7 Å². The van der Waals surface area contributed by atoms with Crippen LogP contribution in [-0.2, 0) is 21.1 Å². The summed E-state index contributed by atoms with van der Waals surface area (Å²) in [5.41, 5.74) is 15.2. The van der Waals surface area contributed by atoms with Crippen molar-refractivity contribution in [2.45, 2.75) is 24.3 Å². The van der Waals surface area contributed by atoms with Gasteiger partial charge in [-0.3, -0.25) is 0 Å². The van der Waals surface area contributed by atoms with Crippen molar-refractivity contribution < 1.29 is 29.2 Å². The van der Waals surface area contributed by atoms with Crippen LogP contribution in [0, 0.1) is 17.9 Å².